The highest BCUT2D eigenvalue weighted by molar-refractivity contribution is 7.18. The molecule has 1 unspecified atom stereocenters. The largest absolute Gasteiger partial charge is 0.497 e. The Labute approximate surface area is 106 Å². The second-order valence-electron chi connectivity index (χ2n) is 4.47. The lowest BCUT2D eigenvalue weighted by atomic mass is 9.97. The fourth-order valence-corrected chi connectivity index (χ4v) is 3.15. The molecule has 1 heterocycles. The molecule has 0 spiro atoms. The quantitative estimate of drug-likeness (QED) is 0.907. The Kier molecular flexibility index (Phi) is 3.64. The van der Waals surface area contributed by atoms with Crippen molar-refractivity contribution < 1.29 is 4.74 Å². The number of benzene rings is 1. The molecule has 0 saturated heterocycles. The van der Waals surface area contributed by atoms with Crippen LogP contribution in [0.3, 0.4) is 0 Å². The third-order valence-electron chi connectivity index (χ3n) is 2.99. The van der Waals surface area contributed by atoms with Crippen LogP contribution in [0.25, 0.3) is 10.2 Å². The van der Waals surface area contributed by atoms with Crippen LogP contribution in [-0.2, 0) is 0 Å². The summed E-state index contributed by atoms with van der Waals surface area (Å²) in [5, 5.41) is 1.13. The zero-order chi connectivity index (χ0) is 12.4. The van der Waals surface area contributed by atoms with Gasteiger partial charge < -0.3 is 10.5 Å². The summed E-state index contributed by atoms with van der Waals surface area (Å²) in [7, 11) is 1.68. The molecule has 2 N–H and O–H groups in total. The molecule has 0 aliphatic heterocycles. The van der Waals surface area contributed by atoms with E-state index in [2.05, 4.69) is 18.8 Å². The van der Waals surface area contributed by atoms with E-state index in [-0.39, 0.29) is 0 Å². The minimum absolute atomic E-state index is 0.346. The fourth-order valence-electron chi connectivity index (χ4n) is 1.87. The lowest BCUT2D eigenvalue weighted by Crippen LogP contribution is -2.17. The van der Waals surface area contributed by atoms with Crippen molar-refractivity contribution in [3.8, 4) is 5.75 Å². The molecule has 0 aliphatic rings. The monoisotopic (exact) mass is 250 g/mol. The number of methoxy groups -OCH3 is 1. The van der Waals surface area contributed by atoms with E-state index in [0.29, 0.717) is 18.4 Å². The van der Waals surface area contributed by atoms with Crippen molar-refractivity contribution in [3.63, 3.8) is 0 Å². The number of nitrogens with two attached hydrogens (primary N) is 1. The minimum Gasteiger partial charge on any atom is -0.497 e. The first-order chi connectivity index (χ1) is 8.15. The summed E-state index contributed by atoms with van der Waals surface area (Å²) < 4.78 is 6.39. The summed E-state index contributed by atoms with van der Waals surface area (Å²) >= 11 is 1.72. The molecule has 2 aromatic rings. The zero-order valence-corrected chi connectivity index (χ0v) is 11.3. The Morgan fingerprint density at radius 1 is 1.41 bits per heavy atom. The Bertz CT molecular complexity index is 507. The lowest BCUT2D eigenvalue weighted by molar-refractivity contribution is 0.415. The third kappa shape index (κ3) is 2.42. The lowest BCUT2D eigenvalue weighted by Gasteiger charge is -2.15. The van der Waals surface area contributed by atoms with Gasteiger partial charge in [0.2, 0.25) is 0 Å². The maximum atomic E-state index is 5.83. The van der Waals surface area contributed by atoms with Crippen molar-refractivity contribution >= 4 is 21.6 Å². The Balaban J connectivity index is 2.43. The predicted molar refractivity (Wildman–Crippen MR) is 72.8 cm³/mol. The van der Waals surface area contributed by atoms with Crippen LogP contribution in [0.2, 0.25) is 0 Å². The summed E-state index contributed by atoms with van der Waals surface area (Å²) in [6.45, 7) is 5.02. The third-order valence-corrected chi connectivity index (χ3v) is 4.14. The molecule has 0 saturated carbocycles. The average Bonchev–Trinajstić information content (AvgIpc) is 2.71. The summed E-state index contributed by atoms with van der Waals surface area (Å²) in [5.41, 5.74) is 6.86. The van der Waals surface area contributed by atoms with Crippen LogP contribution >= 0.6 is 11.3 Å². The van der Waals surface area contributed by atoms with E-state index in [9.17, 15) is 0 Å². The smallest absolute Gasteiger partial charge is 0.120 e. The molecule has 4 heteroatoms. The van der Waals surface area contributed by atoms with Gasteiger partial charge in [-0.15, -0.1) is 11.3 Å². The number of ether oxygens (including phenoxy) is 1. The normalized spacial score (nSPS) is 13.2. The fraction of sp³-hybridized carbons (Fsp3) is 0.462. The van der Waals surface area contributed by atoms with E-state index in [4.69, 9.17) is 10.5 Å². The molecule has 0 radical (unpaired) electrons. The summed E-state index contributed by atoms with van der Waals surface area (Å²) in [4.78, 5) is 4.66. The van der Waals surface area contributed by atoms with Crippen molar-refractivity contribution in [2.24, 2.45) is 11.7 Å². The summed E-state index contributed by atoms with van der Waals surface area (Å²) in [6.07, 6.45) is 0. The second kappa shape index (κ2) is 5.02. The SMILES string of the molecule is COc1ccc2nc(C(CN)C(C)C)sc2c1. The van der Waals surface area contributed by atoms with Gasteiger partial charge in [-0.05, 0) is 24.1 Å². The number of hydrogen-bond acceptors (Lipinski definition) is 4. The van der Waals surface area contributed by atoms with Gasteiger partial charge in [0.25, 0.3) is 0 Å². The number of fused-ring (bicyclic) bond motifs is 1. The second-order valence-corrected chi connectivity index (χ2v) is 5.53. The number of aromatic nitrogens is 1. The van der Waals surface area contributed by atoms with Crippen LogP contribution in [0.1, 0.15) is 24.8 Å². The first-order valence-corrected chi connectivity index (χ1v) is 6.62. The van der Waals surface area contributed by atoms with E-state index < -0.39 is 0 Å². The van der Waals surface area contributed by atoms with Gasteiger partial charge in [-0.1, -0.05) is 13.8 Å². The molecule has 17 heavy (non-hydrogen) atoms. The average molecular weight is 250 g/mol. The van der Waals surface area contributed by atoms with Crippen molar-refractivity contribution in [1.82, 2.24) is 4.98 Å². The minimum atomic E-state index is 0.346. The molecular weight excluding hydrogens is 232 g/mol. The maximum absolute atomic E-state index is 5.83. The van der Waals surface area contributed by atoms with Crippen molar-refractivity contribution in [2.45, 2.75) is 19.8 Å². The van der Waals surface area contributed by atoms with Gasteiger partial charge in [0, 0.05) is 12.5 Å². The number of nitrogens with zero attached hydrogens (tertiary/aromatic N) is 1. The van der Waals surface area contributed by atoms with Crippen LogP contribution in [-0.4, -0.2) is 18.6 Å². The molecule has 0 fully saturated rings. The summed E-state index contributed by atoms with van der Waals surface area (Å²) in [6, 6.07) is 5.98. The molecule has 92 valence electrons. The van der Waals surface area contributed by atoms with Crippen LogP contribution in [0.15, 0.2) is 18.2 Å². The zero-order valence-electron chi connectivity index (χ0n) is 10.4. The van der Waals surface area contributed by atoms with E-state index >= 15 is 0 Å². The first-order valence-electron chi connectivity index (χ1n) is 5.80. The van der Waals surface area contributed by atoms with Crippen LogP contribution < -0.4 is 10.5 Å². The van der Waals surface area contributed by atoms with Crippen LogP contribution in [0.5, 0.6) is 5.75 Å². The van der Waals surface area contributed by atoms with Gasteiger partial charge in [0.1, 0.15) is 5.75 Å². The molecule has 2 rings (SSSR count). The van der Waals surface area contributed by atoms with Crippen LogP contribution in [0, 0.1) is 5.92 Å². The molecule has 1 atom stereocenters. The Morgan fingerprint density at radius 3 is 2.76 bits per heavy atom. The Morgan fingerprint density at radius 2 is 2.18 bits per heavy atom. The molecule has 0 aliphatic carbocycles. The van der Waals surface area contributed by atoms with E-state index in [1.54, 1.807) is 18.4 Å². The maximum Gasteiger partial charge on any atom is 0.120 e. The number of rotatable bonds is 4. The van der Waals surface area contributed by atoms with Crippen molar-refractivity contribution in [1.29, 1.82) is 0 Å². The topological polar surface area (TPSA) is 48.1 Å². The van der Waals surface area contributed by atoms with Crippen LogP contribution in [0.4, 0.5) is 0 Å². The van der Waals surface area contributed by atoms with E-state index in [1.807, 2.05) is 18.2 Å². The first kappa shape index (κ1) is 12.3. The number of hydrogen-bond donors (Lipinski definition) is 1. The molecule has 1 aromatic carbocycles. The van der Waals surface area contributed by atoms with E-state index in [1.165, 1.54) is 4.70 Å². The van der Waals surface area contributed by atoms with Gasteiger partial charge in [-0.3, -0.25) is 0 Å². The standard InChI is InChI=1S/C13H18N2OS/c1-8(2)10(7-14)13-15-11-5-4-9(16-3)6-12(11)17-13/h4-6,8,10H,7,14H2,1-3H3. The van der Waals surface area contributed by atoms with Crippen molar-refractivity contribution in [3.05, 3.63) is 23.2 Å². The highest BCUT2D eigenvalue weighted by Gasteiger charge is 2.18. The molecule has 3 nitrogen and oxygen atoms in total. The van der Waals surface area contributed by atoms with Gasteiger partial charge >= 0.3 is 0 Å². The van der Waals surface area contributed by atoms with Gasteiger partial charge in [0.05, 0.1) is 22.3 Å². The van der Waals surface area contributed by atoms with Gasteiger partial charge in [-0.2, -0.15) is 0 Å². The molecule has 1 aromatic heterocycles. The number of thiazole rings is 1. The van der Waals surface area contributed by atoms with E-state index in [0.717, 1.165) is 16.3 Å². The van der Waals surface area contributed by atoms with Gasteiger partial charge in [0.15, 0.2) is 0 Å². The van der Waals surface area contributed by atoms with Gasteiger partial charge in [-0.25, -0.2) is 4.98 Å². The Hall–Kier alpha value is -1.13. The highest BCUT2D eigenvalue weighted by Crippen LogP contribution is 2.32. The molecule has 0 amide bonds. The molecular formula is C13H18N2OS. The predicted octanol–water partition coefficient (Wildman–Crippen LogP) is 3.00. The molecule has 0 bridgehead atoms. The van der Waals surface area contributed by atoms with Crippen molar-refractivity contribution in [2.75, 3.05) is 13.7 Å². The highest BCUT2D eigenvalue weighted by atomic mass is 32.1. The summed E-state index contributed by atoms with van der Waals surface area (Å²) in [5.74, 6) is 1.74.